The van der Waals surface area contributed by atoms with Crippen molar-refractivity contribution in [2.24, 2.45) is 5.92 Å². The van der Waals surface area contributed by atoms with Crippen molar-refractivity contribution in [2.45, 2.75) is 38.9 Å². The van der Waals surface area contributed by atoms with E-state index < -0.39 is 18.1 Å². The lowest BCUT2D eigenvalue weighted by molar-refractivity contribution is -0.182. The molecule has 2 unspecified atom stereocenters. The lowest BCUT2D eigenvalue weighted by atomic mass is 9.75. The fourth-order valence-corrected chi connectivity index (χ4v) is 4.62. The van der Waals surface area contributed by atoms with E-state index in [0.29, 0.717) is 28.8 Å². The largest absolute Gasteiger partial charge is 0.394 e. The third-order valence-electron chi connectivity index (χ3n) is 5.98. The van der Waals surface area contributed by atoms with Crippen molar-refractivity contribution in [3.05, 3.63) is 76.3 Å². The predicted molar refractivity (Wildman–Crippen MR) is 109 cm³/mol. The number of nitrogens with zero attached hydrogens (tertiary/aromatic N) is 1. The number of hydrogen-bond donors (Lipinski definition) is 1. The summed E-state index contributed by atoms with van der Waals surface area (Å²) in [6, 6.07) is 16.4. The standard InChI is InChI=1S/C24H21F3N2/c1-14-12-17-10-11-20(24(25,26)27)23(22(17)15(2)19(14)13-28)29-21-9-5-7-16-6-3-4-8-18(16)21/h3-9,12,20,23,29H,10-11H2,1-2H3. The van der Waals surface area contributed by atoms with E-state index in [1.54, 1.807) is 6.92 Å². The van der Waals surface area contributed by atoms with Crippen LogP contribution in [0.5, 0.6) is 0 Å². The van der Waals surface area contributed by atoms with Crippen molar-refractivity contribution in [1.82, 2.24) is 0 Å². The average Bonchev–Trinajstić information content (AvgIpc) is 2.67. The second-order valence-electron chi connectivity index (χ2n) is 7.71. The first-order valence-electron chi connectivity index (χ1n) is 9.65. The van der Waals surface area contributed by atoms with Gasteiger partial charge in [0.15, 0.2) is 0 Å². The molecule has 1 aliphatic carbocycles. The van der Waals surface area contributed by atoms with Gasteiger partial charge in [-0.15, -0.1) is 0 Å². The van der Waals surface area contributed by atoms with Gasteiger partial charge >= 0.3 is 6.18 Å². The Morgan fingerprint density at radius 1 is 1.07 bits per heavy atom. The second-order valence-corrected chi connectivity index (χ2v) is 7.71. The van der Waals surface area contributed by atoms with Gasteiger partial charge in [-0.1, -0.05) is 42.5 Å². The number of nitriles is 1. The number of alkyl halides is 3. The number of benzene rings is 3. The van der Waals surface area contributed by atoms with Crippen LogP contribution in [-0.4, -0.2) is 6.18 Å². The molecule has 5 heteroatoms. The first kappa shape index (κ1) is 19.3. The van der Waals surface area contributed by atoms with Crippen molar-refractivity contribution in [3.63, 3.8) is 0 Å². The average molecular weight is 394 g/mol. The molecule has 2 nitrogen and oxygen atoms in total. The van der Waals surface area contributed by atoms with Crippen LogP contribution in [0.2, 0.25) is 0 Å². The van der Waals surface area contributed by atoms with E-state index in [9.17, 15) is 18.4 Å². The molecule has 3 aromatic carbocycles. The van der Waals surface area contributed by atoms with E-state index in [2.05, 4.69) is 11.4 Å². The van der Waals surface area contributed by atoms with Gasteiger partial charge in [0.05, 0.1) is 23.6 Å². The highest BCUT2D eigenvalue weighted by Gasteiger charge is 2.48. The molecule has 148 valence electrons. The molecular formula is C24H21F3N2. The van der Waals surface area contributed by atoms with Crippen molar-refractivity contribution in [1.29, 1.82) is 5.26 Å². The summed E-state index contributed by atoms with van der Waals surface area (Å²) in [5, 5.41) is 14.6. The molecule has 0 aliphatic heterocycles. The summed E-state index contributed by atoms with van der Waals surface area (Å²) >= 11 is 0. The Labute approximate surface area is 168 Å². The SMILES string of the molecule is Cc1cc2c(c(C)c1C#N)C(Nc1cccc3ccccc13)C(C(F)(F)F)CC2. The Kier molecular flexibility index (Phi) is 4.74. The first-order chi connectivity index (χ1) is 13.8. The fourth-order valence-electron chi connectivity index (χ4n) is 4.62. The highest BCUT2D eigenvalue weighted by Crippen LogP contribution is 2.47. The van der Waals surface area contributed by atoms with Gasteiger partial charge in [-0.25, -0.2) is 0 Å². The minimum Gasteiger partial charge on any atom is -0.377 e. The third kappa shape index (κ3) is 3.33. The lowest BCUT2D eigenvalue weighted by Gasteiger charge is -2.37. The quantitative estimate of drug-likeness (QED) is 0.531. The number of nitrogens with one attached hydrogen (secondary N) is 1. The lowest BCUT2D eigenvalue weighted by Crippen LogP contribution is -2.37. The summed E-state index contributed by atoms with van der Waals surface area (Å²) in [4.78, 5) is 0. The molecule has 0 spiro atoms. The second kappa shape index (κ2) is 7.11. The Bertz CT molecular complexity index is 1120. The molecular weight excluding hydrogens is 373 g/mol. The zero-order valence-corrected chi connectivity index (χ0v) is 16.3. The van der Waals surface area contributed by atoms with Crippen LogP contribution in [0.15, 0.2) is 48.5 Å². The van der Waals surface area contributed by atoms with Crippen molar-refractivity contribution in [3.8, 4) is 6.07 Å². The van der Waals surface area contributed by atoms with Crippen LogP contribution in [0.3, 0.4) is 0 Å². The minimum absolute atomic E-state index is 0.0315. The molecule has 1 N–H and O–H groups in total. The summed E-state index contributed by atoms with van der Waals surface area (Å²) in [5.74, 6) is -1.51. The van der Waals surface area contributed by atoms with E-state index in [4.69, 9.17) is 0 Å². The summed E-state index contributed by atoms with van der Waals surface area (Å²) in [6.07, 6.45) is -3.94. The van der Waals surface area contributed by atoms with Gasteiger partial charge in [-0.3, -0.25) is 0 Å². The summed E-state index contributed by atoms with van der Waals surface area (Å²) < 4.78 is 42.0. The van der Waals surface area contributed by atoms with Crippen LogP contribution in [0, 0.1) is 31.1 Å². The number of rotatable bonds is 2. The van der Waals surface area contributed by atoms with Crippen LogP contribution in [-0.2, 0) is 6.42 Å². The smallest absolute Gasteiger partial charge is 0.377 e. The topological polar surface area (TPSA) is 35.8 Å². The maximum atomic E-state index is 14.0. The molecule has 0 heterocycles. The van der Waals surface area contributed by atoms with Gasteiger partial charge in [-0.2, -0.15) is 18.4 Å². The summed E-state index contributed by atoms with van der Waals surface area (Å²) in [5.41, 5.74) is 4.13. The number of hydrogen-bond acceptors (Lipinski definition) is 2. The summed E-state index contributed by atoms with van der Waals surface area (Å²) in [6.45, 7) is 3.61. The van der Waals surface area contributed by atoms with Gasteiger partial charge in [-0.05, 0) is 60.4 Å². The highest BCUT2D eigenvalue weighted by atomic mass is 19.4. The molecule has 4 rings (SSSR count). The van der Waals surface area contributed by atoms with Crippen LogP contribution in [0.25, 0.3) is 10.8 Å². The molecule has 0 amide bonds. The van der Waals surface area contributed by atoms with Crippen LogP contribution in [0.1, 0.15) is 40.3 Å². The van der Waals surface area contributed by atoms with E-state index >= 15 is 0 Å². The molecule has 1 aliphatic rings. The van der Waals surface area contributed by atoms with Crippen molar-refractivity contribution >= 4 is 16.5 Å². The van der Waals surface area contributed by atoms with Gasteiger partial charge < -0.3 is 5.32 Å². The first-order valence-corrected chi connectivity index (χ1v) is 9.65. The monoisotopic (exact) mass is 394 g/mol. The number of halogens is 3. The van der Waals surface area contributed by atoms with Crippen LogP contribution in [0.4, 0.5) is 18.9 Å². The number of aryl methyl sites for hydroxylation is 2. The van der Waals surface area contributed by atoms with E-state index in [1.165, 1.54) is 0 Å². The van der Waals surface area contributed by atoms with Crippen LogP contribution >= 0.6 is 0 Å². The van der Waals surface area contributed by atoms with Crippen molar-refractivity contribution < 1.29 is 13.2 Å². The zero-order chi connectivity index (χ0) is 20.8. The molecule has 2 atom stereocenters. The zero-order valence-electron chi connectivity index (χ0n) is 16.3. The molecule has 3 aromatic rings. The van der Waals surface area contributed by atoms with Gasteiger partial charge in [0.1, 0.15) is 0 Å². The van der Waals surface area contributed by atoms with Gasteiger partial charge in [0.25, 0.3) is 0 Å². The normalized spacial score (nSPS) is 18.9. The predicted octanol–water partition coefficient (Wildman–Crippen LogP) is 6.61. The molecule has 0 aromatic heterocycles. The Hall–Kier alpha value is -3.00. The van der Waals surface area contributed by atoms with E-state index in [0.717, 1.165) is 21.9 Å². The Morgan fingerprint density at radius 3 is 2.52 bits per heavy atom. The Balaban J connectivity index is 1.90. The van der Waals surface area contributed by atoms with Crippen LogP contribution < -0.4 is 5.32 Å². The molecule has 0 saturated heterocycles. The third-order valence-corrected chi connectivity index (χ3v) is 5.98. The van der Waals surface area contributed by atoms with Gasteiger partial charge in [0.2, 0.25) is 0 Å². The fraction of sp³-hybridized carbons (Fsp3) is 0.292. The van der Waals surface area contributed by atoms with Gasteiger partial charge in [0, 0.05) is 11.1 Å². The number of fused-ring (bicyclic) bond motifs is 2. The molecule has 29 heavy (non-hydrogen) atoms. The van der Waals surface area contributed by atoms with E-state index in [-0.39, 0.29) is 6.42 Å². The molecule has 0 fully saturated rings. The molecule has 0 bridgehead atoms. The molecule has 0 saturated carbocycles. The highest BCUT2D eigenvalue weighted by molar-refractivity contribution is 5.94. The maximum absolute atomic E-state index is 14.0. The maximum Gasteiger partial charge on any atom is 0.394 e. The molecule has 0 radical (unpaired) electrons. The number of anilines is 1. The minimum atomic E-state index is -4.33. The summed E-state index contributed by atoms with van der Waals surface area (Å²) in [7, 11) is 0. The van der Waals surface area contributed by atoms with E-state index in [1.807, 2.05) is 55.5 Å². The van der Waals surface area contributed by atoms with Crippen molar-refractivity contribution in [2.75, 3.05) is 5.32 Å². The Morgan fingerprint density at radius 2 is 1.79 bits per heavy atom.